The number of nitrogens with one attached hydrogen (secondary N) is 1. The number of benzene rings is 1. The fourth-order valence-electron chi connectivity index (χ4n) is 3.03. The minimum Gasteiger partial charge on any atom is -0.465 e. The van der Waals surface area contributed by atoms with Crippen LogP contribution in [-0.2, 0) is 4.74 Å². The predicted molar refractivity (Wildman–Crippen MR) is 93.4 cm³/mol. The lowest BCUT2D eigenvalue weighted by Crippen LogP contribution is -2.31. The number of rotatable bonds is 4. The van der Waals surface area contributed by atoms with Gasteiger partial charge in [-0.15, -0.1) is 0 Å². The Kier molecular flexibility index (Phi) is 4.49. The lowest BCUT2D eigenvalue weighted by Gasteiger charge is -2.22. The molecule has 1 unspecified atom stereocenters. The lowest BCUT2D eigenvalue weighted by molar-refractivity contribution is 0.0601. The van der Waals surface area contributed by atoms with Gasteiger partial charge in [0.25, 0.3) is 5.89 Å². The molecule has 1 aliphatic heterocycles. The molecule has 0 spiro atoms. The molecule has 1 fully saturated rings. The Bertz CT molecular complexity index is 894. The Balaban J connectivity index is 1.53. The van der Waals surface area contributed by atoms with Crippen LogP contribution in [0.4, 0.5) is 0 Å². The first-order valence-electron chi connectivity index (χ1n) is 8.53. The number of carbonyl (C=O) groups is 1. The summed E-state index contributed by atoms with van der Waals surface area (Å²) in [6.07, 6.45) is 4.20. The van der Waals surface area contributed by atoms with Gasteiger partial charge in [-0.1, -0.05) is 17.3 Å². The summed E-state index contributed by atoms with van der Waals surface area (Å²) in [4.78, 5) is 15.9. The molecule has 1 atom stereocenters. The van der Waals surface area contributed by atoms with Crippen molar-refractivity contribution in [1.82, 2.24) is 25.2 Å². The van der Waals surface area contributed by atoms with Gasteiger partial charge in [0.15, 0.2) is 5.69 Å². The van der Waals surface area contributed by atoms with Gasteiger partial charge < -0.3 is 14.6 Å². The molecule has 2 aromatic heterocycles. The van der Waals surface area contributed by atoms with E-state index in [-0.39, 0.29) is 5.97 Å². The Morgan fingerprint density at radius 3 is 2.88 bits per heavy atom. The second kappa shape index (κ2) is 7.09. The van der Waals surface area contributed by atoms with Crippen LogP contribution in [0.2, 0.25) is 0 Å². The first-order valence-corrected chi connectivity index (χ1v) is 8.53. The van der Waals surface area contributed by atoms with E-state index in [4.69, 9.17) is 9.26 Å². The molecular weight excluding hydrogens is 334 g/mol. The average molecular weight is 353 g/mol. The zero-order chi connectivity index (χ0) is 17.9. The van der Waals surface area contributed by atoms with Crippen LogP contribution in [0.3, 0.4) is 0 Å². The predicted octanol–water partition coefficient (Wildman–Crippen LogP) is 2.31. The number of hydrogen-bond acceptors (Lipinski definition) is 7. The quantitative estimate of drug-likeness (QED) is 0.719. The zero-order valence-electron chi connectivity index (χ0n) is 14.4. The minimum absolute atomic E-state index is 0.353. The zero-order valence-corrected chi connectivity index (χ0v) is 14.4. The number of methoxy groups -OCH3 is 1. The van der Waals surface area contributed by atoms with Crippen molar-refractivity contribution in [1.29, 1.82) is 0 Å². The molecule has 1 saturated heterocycles. The van der Waals surface area contributed by atoms with Crippen molar-refractivity contribution >= 4 is 5.97 Å². The van der Waals surface area contributed by atoms with Crippen LogP contribution in [0.1, 0.15) is 29.2 Å². The van der Waals surface area contributed by atoms with Gasteiger partial charge in [0.1, 0.15) is 0 Å². The van der Waals surface area contributed by atoms with Gasteiger partial charge in [-0.2, -0.15) is 10.1 Å². The molecule has 0 bridgehead atoms. The monoisotopic (exact) mass is 353 g/mol. The maximum atomic E-state index is 11.5. The van der Waals surface area contributed by atoms with Gasteiger partial charge in [0, 0.05) is 18.3 Å². The highest BCUT2D eigenvalue weighted by Crippen LogP contribution is 2.23. The Morgan fingerprint density at radius 2 is 2.15 bits per heavy atom. The molecule has 1 N–H and O–H groups in total. The standard InChI is InChI=1S/C18H19N5O3/c1-25-18(24)13-6-4-12(5-7-13)16-20-17(26-22-16)15-8-10-23(21-15)14-3-2-9-19-11-14/h4-8,10,14,19H,2-3,9,11H2,1H3. The summed E-state index contributed by atoms with van der Waals surface area (Å²) in [5, 5.41) is 12.0. The molecule has 1 aliphatic rings. The molecule has 0 saturated carbocycles. The van der Waals surface area contributed by atoms with Crippen LogP contribution in [0.25, 0.3) is 23.0 Å². The van der Waals surface area contributed by atoms with Crippen molar-refractivity contribution in [2.24, 2.45) is 0 Å². The molecular formula is C18H19N5O3. The normalized spacial score (nSPS) is 17.2. The van der Waals surface area contributed by atoms with Gasteiger partial charge in [0.05, 0.1) is 18.7 Å². The summed E-state index contributed by atoms with van der Waals surface area (Å²) in [7, 11) is 1.35. The van der Waals surface area contributed by atoms with Gasteiger partial charge in [-0.25, -0.2) is 4.79 Å². The Hall–Kier alpha value is -3.00. The van der Waals surface area contributed by atoms with Crippen molar-refractivity contribution < 1.29 is 14.1 Å². The molecule has 134 valence electrons. The number of esters is 1. The third-order valence-electron chi connectivity index (χ3n) is 4.46. The summed E-state index contributed by atoms with van der Waals surface area (Å²) in [6, 6.07) is 9.09. The highest BCUT2D eigenvalue weighted by atomic mass is 16.5. The Labute approximate surface area is 150 Å². The number of aromatic nitrogens is 4. The second-order valence-corrected chi connectivity index (χ2v) is 6.17. The molecule has 8 nitrogen and oxygen atoms in total. The second-order valence-electron chi connectivity index (χ2n) is 6.17. The van der Waals surface area contributed by atoms with E-state index in [1.165, 1.54) is 7.11 Å². The SMILES string of the molecule is COC(=O)c1ccc(-c2noc(-c3ccn(C4CCCNC4)n3)n2)cc1. The van der Waals surface area contributed by atoms with Gasteiger partial charge >= 0.3 is 5.97 Å². The van der Waals surface area contributed by atoms with E-state index >= 15 is 0 Å². The van der Waals surface area contributed by atoms with E-state index in [1.54, 1.807) is 24.3 Å². The maximum Gasteiger partial charge on any atom is 0.337 e. The number of piperidine rings is 1. The number of ether oxygens (including phenoxy) is 1. The Morgan fingerprint density at radius 1 is 1.31 bits per heavy atom. The third kappa shape index (κ3) is 3.23. The van der Waals surface area contributed by atoms with Crippen LogP contribution >= 0.6 is 0 Å². The molecule has 0 amide bonds. The highest BCUT2D eigenvalue weighted by Gasteiger charge is 2.18. The molecule has 8 heteroatoms. The van der Waals surface area contributed by atoms with Crippen molar-refractivity contribution in [3.63, 3.8) is 0 Å². The first kappa shape index (κ1) is 16.5. The number of nitrogens with zero attached hydrogens (tertiary/aromatic N) is 4. The molecule has 0 radical (unpaired) electrons. The number of carbonyl (C=O) groups excluding carboxylic acids is 1. The third-order valence-corrected chi connectivity index (χ3v) is 4.46. The molecule has 3 aromatic rings. The summed E-state index contributed by atoms with van der Waals surface area (Å²) in [5.41, 5.74) is 1.88. The molecule has 3 heterocycles. The van der Waals surface area contributed by atoms with Crippen LogP contribution in [0, 0.1) is 0 Å². The summed E-state index contributed by atoms with van der Waals surface area (Å²) >= 11 is 0. The lowest BCUT2D eigenvalue weighted by atomic mass is 10.1. The van der Waals surface area contributed by atoms with Crippen LogP contribution < -0.4 is 5.32 Å². The van der Waals surface area contributed by atoms with Crippen LogP contribution in [0.15, 0.2) is 41.1 Å². The highest BCUT2D eigenvalue weighted by molar-refractivity contribution is 5.89. The largest absolute Gasteiger partial charge is 0.465 e. The van der Waals surface area contributed by atoms with E-state index in [9.17, 15) is 4.79 Å². The van der Waals surface area contributed by atoms with Crippen molar-refractivity contribution in [3.8, 4) is 23.0 Å². The van der Waals surface area contributed by atoms with Crippen LogP contribution in [0.5, 0.6) is 0 Å². The molecule has 4 rings (SSSR count). The molecule has 0 aliphatic carbocycles. The fraction of sp³-hybridized carbons (Fsp3) is 0.333. The van der Waals surface area contributed by atoms with E-state index in [0.717, 1.165) is 31.5 Å². The van der Waals surface area contributed by atoms with E-state index in [0.29, 0.717) is 29.0 Å². The van der Waals surface area contributed by atoms with Crippen molar-refractivity contribution in [3.05, 3.63) is 42.1 Å². The molecule has 26 heavy (non-hydrogen) atoms. The fourth-order valence-corrected chi connectivity index (χ4v) is 3.03. The molecule has 1 aromatic carbocycles. The van der Waals surface area contributed by atoms with E-state index in [2.05, 4.69) is 20.6 Å². The van der Waals surface area contributed by atoms with E-state index < -0.39 is 0 Å². The topological polar surface area (TPSA) is 95.1 Å². The smallest absolute Gasteiger partial charge is 0.337 e. The maximum absolute atomic E-state index is 11.5. The van der Waals surface area contributed by atoms with Crippen molar-refractivity contribution in [2.75, 3.05) is 20.2 Å². The van der Waals surface area contributed by atoms with Gasteiger partial charge in [-0.3, -0.25) is 4.68 Å². The summed E-state index contributed by atoms with van der Waals surface area (Å²) < 4.78 is 12.0. The summed E-state index contributed by atoms with van der Waals surface area (Å²) in [6.45, 7) is 1.98. The first-order chi connectivity index (χ1) is 12.7. The van der Waals surface area contributed by atoms with Crippen LogP contribution in [-0.4, -0.2) is 46.1 Å². The number of hydrogen-bond donors (Lipinski definition) is 1. The van der Waals surface area contributed by atoms with Crippen molar-refractivity contribution in [2.45, 2.75) is 18.9 Å². The van der Waals surface area contributed by atoms with Gasteiger partial charge in [0.2, 0.25) is 5.82 Å². The van der Waals surface area contributed by atoms with Gasteiger partial charge in [-0.05, 0) is 37.6 Å². The minimum atomic E-state index is -0.381. The summed E-state index contributed by atoms with van der Waals surface area (Å²) in [5.74, 6) is 0.443. The van der Waals surface area contributed by atoms with E-state index in [1.807, 2.05) is 16.9 Å². The average Bonchev–Trinajstić information content (AvgIpc) is 3.38.